The van der Waals surface area contributed by atoms with Crippen LogP contribution in [-0.2, 0) is 71.2 Å². The van der Waals surface area contributed by atoms with E-state index < -0.39 is 5.60 Å². The van der Waals surface area contributed by atoms with E-state index in [1.54, 1.807) is 0 Å². The summed E-state index contributed by atoms with van der Waals surface area (Å²) in [4.78, 5) is 23.4. The third-order valence-electron chi connectivity index (χ3n) is 8.34. The van der Waals surface area contributed by atoms with Gasteiger partial charge in [0.2, 0.25) is 0 Å². The number of esters is 2. The molecule has 0 atom stereocenters. The highest BCUT2D eigenvalue weighted by Gasteiger charge is 2.16. The molecule has 0 aromatic carbocycles. The molecule has 0 saturated heterocycles. The van der Waals surface area contributed by atoms with E-state index in [0.29, 0.717) is 145 Å². The molecule has 0 saturated carbocycles. The van der Waals surface area contributed by atoms with Crippen molar-refractivity contribution in [3.8, 4) is 0 Å². The summed E-state index contributed by atoms with van der Waals surface area (Å²) in [6.45, 7) is 17.5. The molecule has 59 heavy (non-hydrogen) atoms. The van der Waals surface area contributed by atoms with Gasteiger partial charge in [-0.25, -0.2) is 4.79 Å². The largest absolute Gasteiger partial charge is 0.463 e. The third kappa shape index (κ3) is 52.6. The Labute approximate surface area is 357 Å². The Morgan fingerprint density at radius 3 is 0.864 bits per heavy atom. The van der Waals surface area contributed by atoms with E-state index in [2.05, 4.69) is 6.92 Å². The minimum atomic E-state index is -0.515. The SMILES string of the molecule is CCCCCCCCCCCCCCCC(=O)OCCOCCOCCOCCOCCOCCOCCOCCOCCOCCOCCOCC(=O)OC(C)(C)C. The Morgan fingerprint density at radius 2 is 0.576 bits per heavy atom. The summed E-state index contributed by atoms with van der Waals surface area (Å²) in [6, 6.07) is 0. The molecule has 352 valence electrons. The lowest BCUT2D eigenvalue weighted by Crippen LogP contribution is -2.27. The average molecular weight is 855 g/mol. The van der Waals surface area contributed by atoms with E-state index >= 15 is 0 Å². The van der Waals surface area contributed by atoms with E-state index in [4.69, 9.17) is 61.6 Å². The fourth-order valence-electron chi connectivity index (χ4n) is 5.30. The molecule has 0 radical (unpaired) electrons. The molecule has 0 N–H and O–H groups in total. The second-order valence-electron chi connectivity index (χ2n) is 15.0. The second kappa shape index (κ2) is 47.5. The summed E-state index contributed by atoms with van der Waals surface area (Å²) in [6.07, 6.45) is 17.3. The van der Waals surface area contributed by atoms with E-state index in [-0.39, 0.29) is 25.2 Å². The fourth-order valence-corrected chi connectivity index (χ4v) is 5.30. The van der Waals surface area contributed by atoms with E-state index in [0.717, 1.165) is 12.8 Å². The van der Waals surface area contributed by atoms with Crippen LogP contribution in [0.2, 0.25) is 0 Å². The van der Waals surface area contributed by atoms with Crippen LogP contribution in [0, 0.1) is 0 Å². The average Bonchev–Trinajstić information content (AvgIpc) is 3.20. The number of hydrogen-bond acceptors (Lipinski definition) is 15. The summed E-state index contributed by atoms with van der Waals surface area (Å²) in [7, 11) is 0. The zero-order valence-corrected chi connectivity index (χ0v) is 37.8. The number of ether oxygens (including phenoxy) is 13. The lowest BCUT2D eigenvalue weighted by molar-refractivity contribution is -0.160. The zero-order chi connectivity index (χ0) is 43.0. The van der Waals surface area contributed by atoms with Crippen LogP contribution in [0.5, 0.6) is 0 Å². The zero-order valence-electron chi connectivity index (χ0n) is 37.8. The van der Waals surface area contributed by atoms with Crippen LogP contribution in [0.25, 0.3) is 0 Å². The smallest absolute Gasteiger partial charge is 0.332 e. The van der Waals surface area contributed by atoms with Crippen molar-refractivity contribution in [3.63, 3.8) is 0 Å². The van der Waals surface area contributed by atoms with Crippen LogP contribution < -0.4 is 0 Å². The molecule has 0 spiro atoms. The van der Waals surface area contributed by atoms with Crippen LogP contribution in [0.3, 0.4) is 0 Å². The first-order chi connectivity index (χ1) is 28.8. The molecule has 15 nitrogen and oxygen atoms in total. The van der Waals surface area contributed by atoms with Crippen LogP contribution in [0.4, 0.5) is 0 Å². The van der Waals surface area contributed by atoms with Crippen LogP contribution in [0.15, 0.2) is 0 Å². The van der Waals surface area contributed by atoms with Gasteiger partial charge in [0.1, 0.15) is 18.8 Å². The predicted molar refractivity (Wildman–Crippen MR) is 226 cm³/mol. The first kappa shape index (κ1) is 57.5. The van der Waals surface area contributed by atoms with Crippen molar-refractivity contribution >= 4 is 11.9 Å². The molecule has 0 amide bonds. The number of unbranched alkanes of at least 4 members (excludes halogenated alkanes) is 12. The van der Waals surface area contributed by atoms with Gasteiger partial charge in [-0.1, -0.05) is 84.0 Å². The van der Waals surface area contributed by atoms with Crippen LogP contribution >= 0.6 is 0 Å². The van der Waals surface area contributed by atoms with Crippen molar-refractivity contribution in [1.82, 2.24) is 0 Å². The molecule has 0 aromatic heterocycles. The van der Waals surface area contributed by atoms with E-state index in [9.17, 15) is 9.59 Å². The number of carbonyl (C=O) groups is 2. The molecule has 0 aliphatic carbocycles. The van der Waals surface area contributed by atoms with Gasteiger partial charge in [0.25, 0.3) is 0 Å². The highest BCUT2D eigenvalue weighted by molar-refractivity contribution is 5.71. The van der Waals surface area contributed by atoms with Gasteiger partial charge >= 0.3 is 11.9 Å². The minimum Gasteiger partial charge on any atom is -0.463 e. The van der Waals surface area contributed by atoms with Gasteiger partial charge < -0.3 is 61.6 Å². The Kier molecular flexibility index (Phi) is 46.3. The number of rotatable bonds is 49. The van der Waals surface area contributed by atoms with E-state index in [1.165, 1.54) is 70.6 Å². The number of hydrogen-bond donors (Lipinski definition) is 0. The van der Waals surface area contributed by atoms with Gasteiger partial charge in [0, 0.05) is 6.42 Å². The quantitative estimate of drug-likeness (QED) is 0.0481. The Morgan fingerprint density at radius 1 is 0.322 bits per heavy atom. The first-order valence-corrected chi connectivity index (χ1v) is 22.6. The standard InChI is InChI=1S/C44H86O15/c1-5-6-7-8-9-10-11-12-13-14-15-16-17-18-42(45)58-40-39-56-36-35-54-32-31-52-28-27-50-24-23-48-20-19-47-21-22-49-25-26-51-29-30-53-33-34-55-37-38-57-41-43(46)59-44(2,3)4/h5-41H2,1-4H3. The number of carbonyl (C=O) groups excluding carboxylic acids is 2. The Bertz CT molecular complexity index is 859. The van der Waals surface area contributed by atoms with Gasteiger partial charge in [-0.15, -0.1) is 0 Å². The molecule has 0 unspecified atom stereocenters. The van der Waals surface area contributed by atoms with Gasteiger partial charge in [0.15, 0.2) is 0 Å². The maximum Gasteiger partial charge on any atom is 0.332 e. The summed E-state index contributed by atoms with van der Waals surface area (Å²) >= 11 is 0. The van der Waals surface area contributed by atoms with Crippen molar-refractivity contribution in [2.75, 3.05) is 152 Å². The maximum atomic E-state index is 11.9. The first-order valence-electron chi connectivity index (χ1n) is 22.6. The molecule has 15 heteroatoms. The molecular formula is C44H86O15. The topological polar surface area (TPSA) is 154 Å². The molecule has 0 fully saturated rings. The van der Waals surface area contributed by atoms with Crippen molar-refractivity contribution in [2.45, 2.75) is 123 Å². The van der Waals surface area contributed by atoms with Gasteiger partial charge in [-0.2, -0.15) is 0 Å². The highest BCUT2D eigenvalue weighted by Crippen LogP contribution is 2.13. The minimum absolute atomic E-state index is 0.0863. The molecular weight excluding hydrogens is 768 g/mol. The van der Waals surface area contributed by atoms with Crippen molar-refractivity contribution in [1.29, 1.82) is 0 Å². The van der Waals surface area contributed by atoms with Crippen LogP contribution in [0.1, 0.15) is 118 Å². The molecule has 0 rings (SSSR count). The van der Waals surface area contributed by atoms with E-state index in [1.807, 2.05) is 20.8 Å². The summed E-state index contributed by atoms with van der Waals surface area (Å²) < 4.78 is 70.4. The third-order valence-corrected chi connectivity index (χ3v) is 8.34. The van der Waals surface area contributed by atoms with Crippen LogP contribution in [-0.4, -0.2) is 169 Å². The molecule has 0 aromatic rings. The Hall–Kier alpha value is -1.50. The summed E-state index contributed by atoms with van der Waals surface area (Å²) in [5, 5.41) is 0. The Balaban J connectivity index is 3.15. The van der Waals surface area contributed by atoms with Gasteiger partial charge in [0.05, 0.1) is 139 Å². The lowest BCUT2D eigenvalue weighted by Gasteiger charge is -2.19. The summed E-state index contributed by atoms with van der Waals surface area (Å²) in [5.41, 5.74) is -0.515. The maximum absolute atomic E-state index is 11.9. The second-order valence-corrected chi connectivity index (χ2v) is 15.0. The fraction of sp³-hybridized carbons (Fsp3) is 0.955. The highest BCUT2D eigenvalue weighted by atomic mass is 16.6. The van der Waals surface area contributed by atoms with Crippen molar-refractivity contribution in [3.05, 3.63) is 0 Å². The van der Waals surface area contributed by atoms with Gasteiger partial charge in [-0.3, -0.25) is 4.79 Å². The summed E-state index contributed by atoms with van der Waals surface area (Å²) in [5.74, 6) is -0.525. The molecule has 0 heterocycles. The van der Waals surface area contributed by atoms with Crippen molar-refractivity contribution < 1.29 is 71.2 Å². The van der Waals surface area contributed by atoms with Gasteiger partial charge in [-0.05, 0) is 27.2 Å². The molecule has 0 aliphatic heterocycles. The monoisotopic (exact) mass is 855 g/mol. The molecule has 0 bridgehead atoms. The van der Waals surface area contributed by atoms with Crippen molar-refractivity contribution in [2.24, 2.45) is 0 Å². The lowest BCUT2D eigenvalue weighted by atomic mass is 10.0. The normalized spacial score (nSPS) is 11.7. The predicted octanol–water partition coefficient (Wildman–Crippen LogP) is 6.54. The molecule has 0 aliphatic rings.